The van der Waals surface area contributed by atoms with E-state index in [9.17, 15) is 0 Å². The molecule has 310 valence electrons. The summed E-state index contributed by atoms with van der Waals surface area (Å²) < 4.78 is 11.6. The van der Waals surface area contributed by atoms with Gasteiger partial charge in [0, 0.05) is 73.2 Å². The summed E-state index contributed by atoms with van der Waals surface area (Å²) in [5.41, 5.74) is 14.5. The minimum atomic E-state index is -0.0287. The molecule has 9 aromatic carbocycles. The van der Waals surface area contributed by atoms with Crippen molar-refractivity contribution in [2.24, 2.45) is 0 Å². The maximum absolute atomic E-state index is 6.62. The first kappa shape index (κ1) is 37.6. The molecule has 0 bridgehead atoms. The van der Waals surface area contributed by atoms with Crippen molar-refractivity contribution in [1.82, 2.24) is 15.0 Å². The predicted molar refractivity (Wildman–Crippen MR) is 278 cm³/mol. The number of rotatable bonds is 5. The first-order chi connectivity index (χ1) is 32.4. The molecule has 1 aliphatic rings. The molecule has 4 heterocycles. The fraction of sp³-hybridized carbons (Fsp3) is 0.0500. The van der Waals surface area contributed by atoms with Crippen LogP contribution in [0.2, 0.25) is 0 Å². The molecule has 0 aliphatic heterocycles. The normalized spacial score (nSPS) is 13.1. The summed E-state index contributed by atoms with van der Waals surface area (Å²) in [6, 6.07) is 67.7. The van der Waals surface area contributed by atoms with Crippen molar-refractivity contribution in [3.8, 4) is 67.5 Å². The van der Waals surface area contributed by atoms with Gasteiger partial charge >= 0.3 is 0 Å². The van der Waals surface area contributed by atoms with Gasteiger partial charge in [0.1, 0.15) is 11.2 Å². The SMILES string of the molecule is CC1(C)c2ccccc2-c2cc(-c3cccc(-c4ccc5oc6cccc(-c7nc(-c8ccc9sc%10ccccc%10c9c8)nc(-c8cccc9sc%10ccccc%10c89)n7)c6c5c4)c3)ccc21. The van der Waals surface area contributed by atoms with Crippen LogP contribution in [-0.4, -0.2) is 15.0 Å². The van der Waals surface area contributed by atoms with Crippen molar-refractivity contribution in [3.63, 3.8) is 0 Å². The van der Waals surface area contributed by atoms with Crippen LogP contribution in [0, 0.1) is 0 Å². The minimum Gasteiger partial charge on any atom is -0.456 e. The molecule has 13 aromatic rings. The van der Waals surface area contributed by atoms with Crippen LogP contribution in [-0.2, 0) is 5.41 Å². The van der Waals surface area contributed by atoms with Crippen molar-refractivity contribution in [2.75, 3.05) is 0 Å². The Balaban J connectivity index is 0.938. The Kier molecular flexibility index (Phi) is 8.04. The lowest BCUT2D eigenvalue weighted by molar-refractivity contribution is 0.660. The predicted octanol–water partition coefficient (Wildman–Crippen LogP) is 17.1. The quantitative estimate of drug-likeness (QED) is 0.173. The van der Waals surface area contributed by atoms with Gasteiger partial charge in [-0.2, -0.15) is 0 Å². The Bertz CT molecular complexity index is 4170. The monoisotopic (exact) mass is 879 g/mol. The van der Waals surface area contributed by atoms with Crippen LogP contribution in [0.1, 0.15) is 25.0 Å². The number of aromatic nitrogens is 3. The third kappa shape index (κ3) is 5.65. The molecule has 66 heavy (non-hydrogen) atoms. The van der Waals surface area contributed by atoms with E-state index in [1.807, 2.05) is 23.5 Å². The van der Waals surface area contributed by atoms with Crippen molar-refractivity contribution >= 4 is 85.0 Å². The van der Waals surface area contributed by atoms with Gasteiger partial charge in [0.15, 0.2) is 17.5 Å². The second kappa shape index (κ2) is 14.1. The van der Waals surface area contributed by atoms with E-state index in [-0.39, 0.29) is 5.41 Å². The van der Waals surface area contributed by atoms with Crippen molar-refractivity contribution in [3.05, 3.63) is 199 Å². The number of furan rings is 1. The summed E-state index contributed by atoms with van der Waals surface area (Å²) >= 11 is 3.61. The van der Waals surface area contributed by atoms with Gasteiger partial charge in [-0.1, -0.05) is 135 Å². The third-order valence-electron chi connectivity index (χ3n) is 13.8. The highest BCUT2D eigenvalue weighted by Gasteiger charge is 2.35. The fourth-order valence-corrected chi connectivity index (χ4v) is 12.8. The van der Waals surface area contributed by atoms with Gasteiger partial charge in [0.05, 0.1) is 0 Å². The lowest BCUT2D eigenvalue weighted by Crippen LogP contribution is -2.14. The summed E-state index contributed by atoms with van der Waals surface area (Å²) in [6.07, 6.45) is 0. The molecule has 0 spiro atoms. The first-order valence-electron chi connectivity index (χ1n) is 22.3. The van der Waals surface area contributed by atoms with Crippen molar-refractivity contribution in [2.45, 2.75) is 19.3 Å². The number of thiophene rings is 2. The summed E-state index contributed by atoms with van der Waals surface area (Å²) in [5, 5.41) is 6.79. The maximum Gasteiger partial charge on any atom is 0.164 e. The van der Waals surface area contributed by atoms with Crippen LogP contribution >= 0.6 is 22.7 Å². The topological polar surface area (TPSA) is 51.8 Å². The van der Waals surface area contributed by atoms with Crippen LogP contribution in [0.5, 0.6) is 0 Å². The Labute approximate surface area is 388 Å². The Morgan fingerprint density at radius 3 is 1.76 bits per heavy atom. The third-order valence-corrected chi connectivity index (χ3v) is 16.1. The van der Waals surface area contributed by atoms with E-state index in [0.29, 0.717) is 17.5 Å². The molecular formula is C60H37N3OS2. The molecule has 0 saturated carbocycles. The second-order valence-corrected chi connectivity index (χ2v) is 20.1. The Morgan fingerprint density at radius 1 is 0.348 bits per heavy atom. The standard InChI is InChI=1S/C60H37N3OS2/c1-60(2)47-19-6-3-14-39(47)44-31-36(24-27-48(44)60)34-12-9-13-35(30-34)37-25-28-49-46(32-37)55-42(17-10-20-50(55)64-49)58-61-57(38-26-29-53-45(33-38)40-15-4-7-21-51(40)65-53)62-59(63-58)43-18-11-23-54-56(43)41-16-5-8-22-52(41)66-54/h3-33H,1-2H3. The van der Waals surface area contributed by atoms with Crippen LogP contribution in [0.4, 0.5) is 0 Å². The average Bonchev–Trinajstić information content (AvgIpc) is 4.11. The largest absolute Gasteiger partial charge is 0.456 e. The molecule has 1 aliphatic carbocycles. The highest BCUT2D eigenvalue weighted by Crippen LogP contribution is 2.50. The molecule has 4 nitrogen and oxygen atoms in total. The van der Waals surface area contributed by atoms with Gasteiger partial charge in [0.25, 0.3) is 0 Å². The summed E-state index contributed by atoms with van der Waals surface area (Å²) in [7, 11) is 0. The van der Waals surface area contributed by atoms with Crippen LogP contribution in [0.15, 0.2) is 192 Å². The highest BCUT2D eigenvalue weighted by atomic mass is 32.1. The van der Waals surface area contributed by atoms with Gasteiger partial charge < -0.3 is 4.42 Å². The number of fused-ring (bicyclic) bond motifs is 12. The zero-order chi connectivity index (χ0) is 43.7. The van der Waals surface area contributed by atoms with Crippen molar-refractivity contribution in [1.29, 1.82) is 0 Å². The smallest absolute Gasteiger partial charge is 0.164 e. The van der Waals surface area contributed by atoms with Gasteiger partial charge in [0.2, 0.25) is 0 Å². The number of hydrogen-bond acceptors (Lipinski definition) is 6. The Hall–Kier alpha value is -7.77. The second-order valence-electron chi connectivity index (χ2n) is 17.9. The van der Waals surface area contributed by atoms with Crippen molar-refractivity contribution < 1.29 is 4.42 Å². The van der Waals surface area contributed by atoms with Crippen LogP contribution < -0.4 is 0 Å². The van der Waals surface area contributed by atoms with E-state index in [0.717, 1.165) is 55.1 Å². The molecule has 6 heteroatoms. The summed E-state index contributed by atoms with van der Waals surface area (Å²) in [4.78, 5) is 16.1. The van der Waals surface area contributed by atoms with E-state index in [1.54, 1.807) is 11.3 Å². The number of hydrogen-bond donors (Lipinski definition) is 0. The molecule has 0 amide bonds. The van der Waals surface area contributed by atoms with Gasteiger partial charge in [-0.25, -0.2) is 15.0 Å². The lowest BCUT2D eigenvalue weighted by Gasteiger charge is -2.21. The molecule has 4 aromatic heterocycles. The highest BCUT2D eigenvalue weighted by molar-refractivity contribution is 7.26. The average molecular weight is 880 g/mol. The van der Waals surface area contributed by atoms with Gasteiger partial charge in [-0.3, -0.25) is 0 Å². The zero-order valence-electron chi connectivity index (χ0n) is 36.0. The molecular weight excluding hydrogens is 843 g/mol. The fourth-order valence-electron chi connectivity index (χ4n) is 10.5. The molecule has 0 saturated heterocycles. The van der Waals surface area contributed by atoms with Crippen LogP contribution in [0.25, 0.3) is 130 Å². The lowest BCUT2D eigenvalue weighted by atomic mass is 9.82. The van der Waals surface area contributed by atoms with E-state index in [4.69, 9.17) is 19.4 Å². The molecule has 0 atom stereocenters. The van der Waals surface area contributed by atoms with Gasteiger partial charge in [-0.15, -0.1) is 22.7 Å². The molecule has 0 fully saturated rings. The molecule has 0 N–H and O–H groups in total. The molecule has 0 unspecified atom stereocenters. The van der Waals surface area contributed by atoms with Crippen LogP contribution in [0.3, 0.4) is 0 Å². The summed E-state index contributed by atoms with van der Waals surface area (Å²) in [6.45, 7) is 4.66. The first-order valence-corrected chi connectivity index (χ1v) is 24.0. The van der Waals surface area contributed by atoms with E-state index < -0.39 is 0 Å². The van der Waals surface area contributed by atoms with E-state index in [1.165, 1.54) is 68.3 Å². The van der Waals surface area contributed by atoms with E-state index >= 15 is 0 Å². The number of benzene rings is 9. The van der Waals surface area contributed by atoms with Gasteiger partial charge in [-0.05, 0) is 111 Å². The number of nitrogens with zero attached hydrogens (tertiary/aromatic N) is 3. The zero-order valence-corrected chi connectivity index (χ0v) is 37.6. The summed E-state index contributed by atoms with van der Waals surface area (Å²) in [5.74, 6) is 1.87. The maximum atomic E-state index is 6.62. The molecule has 14 rings (SSSR count). The Morgan fingerprint density at radius 2 is 0.909 bits per heavy atom. The molecule has 0 radical (unpaired) electrons. The van der Waals surface area contributed by atoms with E-state index in [2.05, 4.69) is 190 Å². The minimum absolute atomic E-state index is 0.0287.